The van der Waals surface area contributed by atoms with Gasteiger partial charge < -0.3 is 10.4 Å². The summed E-state index contributed by atoms with van der Waals surface area (Å²) in [6, 6.07) is 18.2. The van der Waals surface area contributed by atoms with E-state index in [0.29, 0.717) is 5.13 Å². The molecule has 0 aliphatic carbocycles. The molecule has 0 amide bonds. The summed E-state index contributed by atoms with van der Waals surface area (Å²) in [4.78, 5) is 21.0. The van der Waals surface area contributed by atoms with Crippen molar-refractivity contribution < 1.29 is 14.3 Å². The third kappa shape index (κ3) is 4.78. The molecule has 0 spiro atoms. The van der Waals surface area contributed by atoms with E-state index >= 15 is 0 Å². The molecule has 2 N–H and O–H groups in total. The van der Waals surface area contributed by atoms with E-state index in [9.17, 15) is 9.18 Å². The van der Waals surface area contributed by atoms with E-state index in [4.69, 9.17) is 10.1 Å². The van der Waals surface area contributed by atoms with E-state index in [1.54, 1.807) is 31.5 Å². The van der Waals surface area contributed by atoms with Gasteiger partial charge in [0.25, 0.3) is 0 Å². The summed E-state index contributed by atoms with van der Waals surface area (Å²) in [5.74, 6) is -1.64. The summed E-state index contributed by atoms with van der Waals surface area (Å²) in [6.45, 7) is 1.94. The topological polar surface area (TPSA) is 75.1 Å². The maximum Gasteiger partial charge on any atom is 0.308 e. The molecular formula is C24H20FN3O2S. The Kier molecular flexibility index (Phi) is 6.04. The molecule has 0 saturated carbocycles. The van der Waals surface area contributed by atoms with E-state index in [1.165, 1.54) is 23.5 Å². The summed E-state index contributed by atoms with van der Waals surface area (Å²) in [6.07, 6.45) is 3.50. The van der Waals surface area contributed by atoms with Gasteiger partial charge in [-0.2, -0.15) is 0 Å². The average Bonchev–Trinajstić information content (AvgIpc) is 3.23. The molecule has 7 heteroatoms. The molecule has 4 aromatic rings. The molecule has 1 atom stereocenters. The van der Waals surface area contributed by atoms with E-state index in [2.05, 4.69) is 10.3 Å². The second-order valence-electron chi connectivity index (χ2n) is 7.14. The minimum absolute atomic E-state index is 0.263. The Morgan fingerprint density at radius 1 is 1.03 bits per heavy atom. The molecular weight excluding hydrogens is 413 g/mol. The van der Waals surface area contributed by atoms with Crippen LogP contribution in [0.2, 0.25) is 0 Å². The van der Waals surface area contributed by atoms with Crippen molar-refractivity contribution in [3.63, 3.8) is 0 Å². The number of rotatable bonds is 7. The molecule has 0 fully saturated rings. The van der Waals surface area contributed by atoms with Crippen LogP contribution in [0.3, 0.4) is 0 Å². The Morgan fingerprint density at radius 3 is 2.29 bits per heavy atom. The minimum atomic E-state index is -0.854. The molecule has 0 radical (unpaired) electrons. The van der Waals surface area contributed by atoms with Gasteiger partial charge in [0.1, 0.15) is 5.82 Å². The van der Waals surface area contributed by atoms with Crippen molar-refractivity contribution in [3.05, 3.63) is 78.9 Å². The first-order chi connectivity index (χ1) is 15.0. The van der Waals surface area contributed by atoms with Gasteiger partial charge in [0.2, 0.25) is 0 Å². The lowest BCUT2D eigenvalue weighted by atomic mass is 10.0. The molecule has 5 nitrogen and oxygen atoms in total. The SMILES string of the molecule is CC(CNc1nc(-c2ccc(-c3ccc(F)cc3)cc2)c(-c2cccnc2)s1)C(=O)O. The lowest BCUT2D eigenvalue weighted by Crippen LogP contribution is -2.19. The van der Waals surface area contributed by atoms with Crippen LogP contribution in [0.5, 0.6) is 0 Å². The highest BCUT2D eigenvalue weighted by molar-refractivity contribution is 7.19. The van der Waals surface area contributed by atoms with Crippen LogP contribution in [0.15, 0.2) is 73.1 Å². The molecule has 156 valence electrons. The van der Waals surface area contributed by atoms with Crippen molar-refractivity contribution in [1.82, 2.24) is 9.97 Å². The Bertz CT molecular complexity index is 1180. The normalized spacial score (nSPS) is 11.8. The second kappa shape index (κ2) is 9.06. The highest BCUT2D eigenvalue weighted by Gasteiger charge is 2.17. The summed E-state index contributed by atoms with van der Waals surface area (Å²) >= 11 is 1.47. The van der Waals surface area contributed by atoms with Gasteiger partial charge in [0, 0.05) is 30.1 Å². The summed E-state index contributed by atoms with van der Waals surface area (Å²) in [7, 11) is 0. The quantitative estimate of drug-likeness (QED) is 0.385. The van der Waals surface area contributed by atoms with Crippen molar-refractivity contribution >= 4 is 22.4 Å². The van der Waals surface area contributed by atoms with Gasteiger partial charge in [-0.25, -0.2) is 9.37 Å². The summed E-state index contributed by atoms with van der Waals surface area (Å²) < 4.78 is 13.2. The third-order valence-electron chi connectivity index (χ3n) is 4.87. The molecule has 31 heavy (non-hydrogen) atoms. The van der Waals surface area contributed by atoms with Gasteiger partial charge in [0.15, 0.2) is 5.13 Å². The molecule has 4 rings (SSSR count). The molecule has 0 saturated heterocycles. The first-order valence-corrected chi connectivity index (χ1v) is 10.6. The Morgan fingerprint density at radius 2 is 1.68 bits per heavy atom. The Balaban J connectivity index is 1.67. The first-order valence-electron chi connectivity index (χ1n) is 9.75. The highest BCUT2D eigenvalue weighted by Crippen LogP contribution is 2.39. The zero-order valence-electron chi connectivity index (χ0n) is 16.7. The number of carbonyl (C=O) groups is 1. The number of pyridine rings is 1. The predicted molar refractivity (Wildman–Crippen MR) is 121 cm³/mol. The number of halogens is 1. The van der Waals surface area contributed by atoms with Crippen LogP contribution >= 0.6 is 11.3 Å². The number of carboxylic acid groups (broad SMARTS) is 1. The van der Waals surface area contributed by atoms with Crippen LogP contribution < -0.4 is 5.32 Å². The smallest absolute Gasteiger partial charge is 0.308 e. The van der Waals surface area contributed by atoms with E-state index in [1.807, 2.05) is 36.4 Å². The number of thiazole rings is 1. The fourth-order valence-corrected chi connectivity index (χ4v) is 4.06. The summed E-state index contributed by atoms with van der Waals surface area (Å²) in [5.41, 5.74) is 4.59. The number of carboxylic acids is 1. The van der Waals surface area contributed by atoms with Crippen molar-refractivity contribution in [2.24, 2.45) is 5.92 Å². The van der Waals surface area contributed by atoms with Crippen LogP contribution in [0.1, 0.15) is 6.92 Å². The van der Waals surface area contributed by atoms with Crippen molar-refractivity contribution in [3.8, 4) is 32.8 Å². The molecule has 2 aromatic heterocycles. The van der Waals surface area contributed by atoms with E-state index < -0.39 is 11.9 Å². The van der Waals surface area contributed by atoms with Crippen LogP contribution in [0.25, 0.3) is 32.8 Å². The van der Waals surface area contributed by atoms with Gasteiger partial charge >= 0.3 is 5.97 Å². The fraction of sp³-hybridized carbons (Fsp3) is 0.125. The van der Waals surface area contributed by atoms with Crippen LogP contribution in [-0.4, -0.2) is 27.6 Å². The number of anilines is 1. The zero-order valence-corrected chi connectivity index (χ0v) is 17.6. The van der Waals surface area contributed by atoms with E-state index in [-0.39, 0.29) is 12.4 Å². The van der Waals surface area contributed by atoms with Crippen LogP contribution in [0, 0.1) is 11.7 Å². The zero-order chi connectivity index (χ0) is 21.8. The van der Waals surface area contributed by atoms with E-state index in [0.717, 1.165) is 32.8 Å². The first kappa shape index (κ1) is 20.7. The van der Waals surface area contributed by atoms with Crippen LogP contribution in [0.4, 0.5) is 9.52 Å². The third-order valence-corrected chi connectivity index (χ3v) is 5.93. The number of benzene rings is 2. The van der Waals surface area contributed by atoms with Crippen molar-refractivity contribution in [2.45, 2.75) is 6.92 Å². The lowest BCUT2D eigenvalue weighted by molar-refractivity contribution is -0.140. The van der Waals surface area contributed by atoms with Crippen molar-refractivity contribution in [2.75, 3.05) is 11.9 Å². The Labute approximate surface area is 183 Å². The molecule has 1 unspecified atom stereocenters. The average molecular weight is 434 g/mol. The maximum absolute atomic E-state index is 13.2. The predicted octanol–water partition coefficient (Wildman–Crippen LogP) is 5.81. The number of aliphatic carboxylic acids is 1. The molecule has 0 aliphatic heterocycles. The van der Waals surface area contributed by atoms with Gasteiger partial charge in [-0.15, -0.1) is 0 Å². The fourth-order valence-electron chi connectivity index (χ4n) is 3.07. The molecule has 2 heterocycles. The second-order valence-corrected chi connectivity index (χ2v) is 8.14. The van der Waals surface area contributed by atoms with Crippen molar-refractivity contribution in [1.29, 1.82) is 0 Å². The monoisotopic (exact) mass is 433 g/mol. The standard InChI is InChI=1S/C24H20FN3O2S/c1-15(23(29)30)13-27-24-28-21(22(31-24)19-3-2-12-26-14-19)18-6-4-16(5-7-18)17-8-10-20(25)11-9-17/h2-12,14-15H,13H2,1H3,(H,27,28)(H,29,30). The van der Waals surface area contributed by atoms with Gasteiger partial charge in [-0.3, -0.25) is 9.78 Å². The number of nitrogens with zero attached hydrogens (tertiary/aromatic N) is 2. The number of hydrogen-bond acceptors (Lipinski definition) is 5. The summed E-state index contributed by atoms with van der Waals surface area (Å²) in [5, 5.41) is 12.9. The van der Waals surface area contributed by atoms with Gasteiger partial charge in [0.05, 0.1) is 16.5 Å². The van der Waals surface area contributed by atoms with Crippen LogP contribution in [-0.2, 0) is 4.79 Å². The lowest BCUT2D eigenvalue weighted by Gasteiger charge is -2.06. The maximum atomic E-state index is 13.2. The molecule has 0 aliphatic rings. The van der Waals surface area contributed by atoms with Gasteiger partial charge in [-0.05, 0) is 29.3 Å². The largest absolute Gasteiger partial charge is 0.481 e. The number of aromatic nitrogens is 2. The van der Waals surface area contributed by atoms with Gasteiger partial charge in [-0.1, -0.05) is 60.7 Å². The number of nitrogens with one attached hydrogen (secondary N) is 1. The molecule has 2 aromatic carbocycles. The minimum Gasteiger partial charge on any atom is -0.481 e. The molecule has 0 bridgehead atoms. The Hall–Kier alpha value is -3.58. The highest BCUT2D eigenvalue weighted by atomic mass is 32.1. The number of hydrogen-bond donors (Lipinski definition) is 2.